The average Bonchev–Trinajstić information content (AvgIpc) is 3.03. The minimum Gasteiger partial charge on any atom is -0.350 e. The van der Waals surface area contributed by atoms with E-state index in [1.807, 2.05) is 13.0 Å². The second-order valence-electron chi connectivity index (χ2n) is 6.90. The van der Waals surface area contributed by atoms with Gasteiger partial charge in [0.2, 0.25) is 0 Å². The smallest absolute Gasteiger partial charge is 0.263 e. The maximum atomic E-state index is 12.7. The van der Waals surface area contributed by atoms with Crippen LogP contribution in [0.1, 0.15) is 59.5 Å². The minimum atomic E-state index is -0.00267. The largest absolute Gasteiger partial charge is 0.350 e. The van der Waals surface area contributed by atoms with Gasteiger partial charge in [0.05, 0.1) is 10.7 Å². The average molecular weight is 374 g/mol. The van der Waals surface area contributed by atoms with Crippen LogP contribution in [0.2, 0.25) is 0 Å². The van der Waals surface area contributed by atoms with Crippen molar-refractivity contribution in [1.29, 1.82) is 0 Å². The molecule has 0 spiro atoms. The summed E-state index contributed by atoms with van der Waals surface area (Å²) in [7, 11) is 0. The van der Waals surface area contributed by atoms with E-state index in [1.54, 1.807) is 0 Å². The van der Waals surface area contributed by atoms with Crippen LogP contribution < -0.4 is 5.32 Å². The van der Waals surface area contributed by atoms with E-state index in [1.165, 1.54) is 16.9 Å². The summed E-state index contributed by atoms with van der Waals surface area (Å²) in [5.74, 6) is 0.346. The number of rotatable bonds is 9. The first-order chi connectivity index (χ1) is 12.5. The standard InChI is InChI=1S/C21H31N3OS/c1-6-24(7-2)18(13-17-11-9-8-10-12-17)14-22-20(25)19-16(5)23-21(26-19)15(3)4/h8-12,15,18H,6-7,13-14H2,1-5H3,(H,22,25). The van der Waals surface area contributed by atoms with Crippen molar-refractivity contribution in [3.05, 3.63) is 51.5 Å². The molecular weight excluding hydrogens is 342 g/mol. The summed E-state index contributed by atoms with van der Waals surface area (Å²) in [6, 6.07) is 10.8. The van der Waals surface area contributed by atoms with Gasteiger partial charge in [0.1, 0.15) is 4.88 Å². The first-order valence-corrected chi connectivity index (χ1v) is 10.3. The highest BCUT2D eigenvalue weighted by Crippen LogP contribution is 2.24. The van der Waals surface area contributed by atoms with Crippen LogP contribution in [0.25, 0.3) is 0 Å². The molecular formula is C21H31N3OS. The van der Waals surface area contributed by atoms with E-state index in [2.05, 4.69) is 67.2 Å². The first kappa shape index (κ1) is 20.6. The molecule has 0 aliphatic rings. The molecule has 1 aromatic heterocycles. The van der Waals surface area contributed by atoms with Gasteiger partial charge in [-0.3, -0.25) is 9.69 Å². The van der Waals surface area contributed by atoms with Crippen LogP contribution in [0.4, 0.5) is 0 Å². The lowest BCUT2D eigenvalue weighted by molar-refractivity contribution is 0.0938. The third kappa shape index (κ3) is 5.39. The number of aromatic nitrogens is 1. The van der Waals surface area contributed by atoms with Gasteiger partial charge in [-0.2, -0.15) is 0 Å². The number of aryl methyl sites for hydroxylation is 1. The van der Waals surface area contributed by atoms with Gasteiger partial charge in [0.25, 0.3) is 5.91 Å². The van der Waals surface area contributed by atoms with E-state index < -0.39 is 0 Å². The zero-order chi connectivity index (χ0) is 19.1. The SMILES string of the molecule is CCN(CC)C(CNC(=O)c1sc(C(C)C)nc1C)Cc1ccccc1. The van der Waals surface area contributed by atoms with Crippen molar-refractivity contribution in [1.82, 2.24) is 15.2 Å². The molecule has 0 saturated heterocycles. The molecule has 2 aromatic rings. The Balaban J connectivity index is 2.07. The molecule has 142 valence electrons. The number of hydrogen-bond donors (Lipinski definition) is 1. The van der Waals surface area contributed by atoms with Crippen LogP contribution >= 0.6 is 11.3 Å². The number of thiazole rings is 1. The number of carbonyl (C=O) groups is 1. The third-order valence-electron chi connectivity index (χ3n) is 4.65. The highest BCUT2D eigenvalue weighted by atomic mass is 32.1. The fourth-order valence-electron chi connectivity index (χ4n) is 3.12. The van der Waals surface area contributed by atoms with Crippen molar-refractivity contribution in [3.8, 4) is 0 Å². The maximum Gasteiger partial charge on any atom is 0.263 e. The van der Waals surface area contributed by atoms with Crippen LogP contribution in [-0.4, -0.2) is 41.5 Å². The summed E-state index contributed by atoms with van der Waals surface area (Å²) in [5, 5.41) is 4.18. The lowest BCUT2D eigenvalue weighted by Gasteiger charge is -2.30. The van der Waals surface area contributed by atoms with Crippen molar-refractivity contribution >= 4 is 17.2 Å². The van der Waals surface area contributed by atoms with Crippen molar-refractivity contribution in [2.24, 2.45) is 0 Å². The quantitative estimate of drug-likeness (QED) is 0.714. The number of nitrogens with one attached hydrogen (secondary N) is 1. The van der Waals surface area contributed by atoms with Gasteiger partial charge in [0, 0.05) is 18.5 Å². The van der Waals surface area contributed by atoms with Crippen molar-refractivity contribution in [2.75, 3.05) is 19.6 Å². The van der Waals surface area contributed by atoms with Gasteiger partial charge in [-0.15, -0.1) is 11.3 Å². The lowest BCUT2D eigenvalue weighted by atomic mass is 10.0. The minimum absolute atomic E-state index is 0.00267. The molecule has 1 atom stereocenters. The molecule has 0 aliphatic carbocycles. The summed E-state index contributed by atoms with van der Waals surface area (Å²) in [6.45, 7) is 13.1. The molecule has 2 rings (SSSR count). The zero-order valence-corrected chi connectivity index (χ0v) is 17.4. The number of amides is 1. The molecule has 0 bridgehead atoms. The normalized spacial score (nSPS) is 12.6. The summed E-state index contributed by atoms with van der Waals surface area (Å²) < 4.78 is 0. The summed E-state index contributed by atoms with van der Waals surface area (Å²) in [5.41, 5.74) is 2.13. The van der Waals surface area contributed by atoms with E-state index in [9.17, 15) is 4.79 Å². The van der Waals surface area contributed by atoms with Gasteiger partial charge in [-0.25, -0.2) is 4.98 Å². The number of hydrogen-bond acceptors (Lipinski definition) is 4. The summed E-state index contributed by atoms with van der Waals surface area (Å²) >= 11 is 1.51. The fourth-order valence-corrected chi connectivity index (χ4v) is 4.11. The molecule has 26 heavy (non-hydrogen) atoms. The second-order valence-corrected chi connectivity index (χ2v) is 7.93. The fraction of sp³-hybridized carbons (Fsp3) is 0.524. The zero-order valence-electron chi connectivity index (χ0n) is 16.6. The molecule has 0 saturated carbocycles. The molecule has 1 heterocycles. The second kappa shape index (κ2) is 9.83. The molecule has 0 aliphatic heterocycles. The van der Waals surface area contributed by atoms with E-state index >= 15 is 0 Å². The predicted octanol–water partition coefficient (Wildman–Crippen LogP) is 4.26. The van der Waals surface area contributed by atoms with Crippen molar-refractivity contribution in [2.45, 2.75) is 53.0 Å². The van der Waals surface area contributed by atoms with Crippen LogP contribution in [0.5, 0.6) is 0 Å². The Morgan fingerprint density at radius 2 is 1.85 bits per heavy atom. The van der Waals surface area contributed by atoms with Crippen LogP contribution in [0, 0.1) is 6.92 Å². The summed E-state index contributed by atoms with van der Waals surface area (Å²) in [6.07, 6.45) is 0.932. The van der Waals surface area contributed by atoms with E-state index in [0.29, 0.717) is 12.5 Å². The Morgan fingerprint density at radius 1 is 1.19 bits per heavy atom. The highest BCUT2D eigenvalue weighted by Gasteiger charge is 2.20. The van der Waals surface area contributed by atoms with E-state index in [4.69, 9.17) is 0 Å². The number of nitrogens with zero attached hydrogens (tertiary/aromatic N) is 2. The molecule has 0 radical (unpaired) electrons. The molecule has 1 N–H and O–H groups in total. The van der Waals surface area contributed by atoms with Gasteiger partial charge in [-0.1, -0.05) is 58.0 Å². The van der Waals surface area contributed by atoms with Gasteiger partial charge < -0.3 is 5.32 Å². The van der Waals surface area contributed by atoms with Gasteiger partial charge >= 0.3 is 0 Å². The van der Waals surface area contributed by atoms with E-state index in [-0.39, 0.29) is 11.9 Å². The van der Waals surface area contributed by atoms with Crippen LogP contribution in [-0.2, 0) is 6.42 Å². The Labute approximate surface area is 161 Å². The van der Waals surface area contributed by atoms with Crippen LogP contribution in [0.3, 0.4) is 0 Å². The predicted molar refractivity (Wildman–Crippen MR) is 110 cm³/mol. The third-order valence-corrected chi connectivity index (χ3v) is 6.11. The molecule has 1 unspecified atom stereocenters. The Bertz CT molecular complexity index is 693. The monoisotopic (exact) mass is 373 g/mol. The lowest BCUT2D eigenvalue weighted by Crippen LogP contribution is -2.45. The van der Waals surface area contributed by atoms with Gasteiger partial charge in [-0.05, 0) is 32.0 Å². The van der Waals surface area contributed by atoms with Crippen molar-refractivity contribution < 1.29 is 4.79 Å². The molecule has 1 amide bonds. The number of carbonyl (C=O) groups excluding carboxylic acids is 1. The topological polar surface area (TPSA) is 45.2 Å². The maximum absolute atomic E-state index is 12.7. The van der Waals surface area contributed by atoms with E-state index in [0.717, 1.165) is 35.1 Å². The van der Waals surface area contributed by atoms with Crippen LogP contribution in [0.15, 0.2) is 30.3 Å². The number of likely N-dealkylation sites (N-methyl/N-ethyl adjacent to an activating group) is 1. The Morgan fingerprint density at radius 3 is 2.38 bits per heavy atom. The summed E-state index contributed by atoms with van der Waals surface area (Å²) in [4.78, 5) is 20.4. The van der Waals surface area contributed by atoms with Crippen molar-refractivity contribution in [3.63, 3.8) is 0 Å². The molecule has 4 nitrogen and oxygen atoms in total. The van der Waals surface area contributed by atoms with Gasteiger partial charge in [0.15, 0.2) is 0 Å². The molecule has 1 aromatic carbocycles. The molecule has 5 heteroatoms. The number of benzene rings is 1. The first-order valence-electron chi connectivity index (χ1n) is 9.49. The molecule has 0 fully saturated rings. The highest BCUT2D eigenvalue weighted by molar-refractivity contribution is 7.13. The Kier molecular flexibility index (Phi) is 7.79. The Hall–Kier alpha value is -1.72.